The number of sulfonamides is 1. The summed E-state index contributed by atoms with van der Waals surface area (Å²) in [4.78, 5) is 4.12. The molecular formula is C13H11N3O3S. The maximum absolute atomic E-state index is 12.2. The molecule has 3 rings (SSSR count). The van der Waals surface area contributed by atoms with E-state index < -0.39 is 10.0 Å². The van der Waals surface area contributed by atoms with Gasteiger partial charge in [0, 0.05) is 6.20 Å². The van der Waals surface area contributed by atoms with Crippen LogP contribution in [0.4, 0.5) is 5.82 Å². The first-order valence-corrected chi connectivity index (χ1v) is 7.34. The zero-order chi connectivity index (χ0) is 14.2. The van der Waals surface area contributed by atoms with Crippen molar-refractivity contribution in [2.75, 3.05) is 4.72 Å². The van der Waals surface area contributed by atoms with E-state index in [4.69, 9.17) is 4.52 Å². The van der Waals surface area contributed by atoms with E-state index in [1.807, 2.05) is 6.92 Å². The minimum absolute atomic E-state index is 0.133. The Morgan fingerprint density at radius 2 is 1.90 bits per heavy atom. The van der Waals surface area contributed by atoms with Crippen molar-refractivity contribution in [3.8, 4) is 0 Å². The molecule has 2 heterocycles. The standard InChI is InChI=1S/C13H11N3O3S/c1-9-4-6-10(7-5-9)20(17,18)16-12-11-3-2-8-14-13(11)19-15-12/h2-8H,1H3,(H,15,16). The minimum Gasteiger partial charge on any atom is -0.334 e. The van der Waals surface area contributed by atoms with E-state index in [-0.39, 0.29) is 16.4 Å². The van der Waals surface area contributed by atoms with Crippen molar-refractivity contribution in [2.24, 2.45) is 0 Å². The van der Waals surface area contributed by atoms with Crippen molar-refractivity contribution >= 4 is 26.9 Å². The Hall–Kier alpha value is -2.41. The van der Waals surface area contributed by atoms with Crippen LogP contribution in [0.15, 0.2) is 52.0 Å². The van der Waals surface area contributed by atoms with Crippen LogP contribution in [0, 0.1) is 6.92 Å². The van der Waals surface area contributed by atoms with Crippen molar-refractivity contribution in [3.05, 3.63) is 48.2 Å². The Balaban J connectivity index is 1.99. The number of fused-ring (bicyclic) bond motifs is 1. The number of nitrogens with zero attached hydrogens (tertiary/aromatic N) is 2. The molecule has 0 aliphatic heterocycles. The van der Waals surface area contributed by atoms with Crippen LogP contribution >= 0.6 is 0 Å². The molecule has 3 aromatic rings. The van der Waals surface area contributed by atoms with E-state index in [1.165, 1.54) is 12.1 Å². The summed E-state index contributed by atoms with van der Waals surface area (Å²) < 4.78 is 31.8. The third kappa shape index (κ3) is 2.23. The van der Waals surface area contributed by atoms with Crippen molar-refractivity contribution in [1.29, 1.82) is 0 Å². The summed E-state index contributed by atoms with van der Waals surface area (Å²) in [7, 11) is -3.69. The van der Waals surface area contributed by atoms with Crippen LogP contribution < -0.4 is 4.72 Å². The van der Waals surface area contributed by atoms with Gasteiger partial charge in [-0.25, -0.2) is 13.4 Å². The van der Waals surface area contributed by atoms with Gasteiger partial charge in [0.05, 0.1) is 10.3 Å². The molecule has 0 radical (unpaired) electrons. The van der Waals surface area contributed by atoms with Crippen LogP contribution in [0.3, 0.4) is 0 Å². The fourth-order valence-corrected chi connectivity index (χ4v) is 2.77. The number of hydrogen-bond donors (Lipinski definition) is 1. The normalized spacial score (nSPS) is 11.7. The first-order chi connectivity index (χ1) is 9.56. The third-order valence-corrected chi connectivity index (χ3v) is 4.17. The van der Waals surface area contributed by atoms with Gasteiger partial charge < -0.3 is 4.52 Å². The summed E-state index contributed by atoms with van der Waals surface area (Å²) in [6.07, 6.45) is 1.55. The second kappa shape index (κ2) is 4.61. The molecule has 0 spiro atoms. The molecule has 0 atom stereocenters. The highest BCUT2D eigenvalue weighted by atomic mass is 32.2. The predicted octanol–water partition coefficient (Wildman–Crippen LogP) is 2.33. The molecule has 7 heteroatoms. The van der Waals surface area contributed by atoms with Crippen molar-refractivity contribution < 1.29 is 12.9 Å². The molecule has 1 N–H and O–H groups in total. The Morgan fingerprint density at radius 1 is 1.15 bits per heavy atom. The van der Waals surface area contributed by atoms with E-state index in [0.29, 0.717) is 5.39 Å². The van der Waals surface area contributed by atoms with Gasteiger partial charge in [0.25, 0.3) is 15.7 Å². The summed E-state index contributed by atoms with van der Waals surface area (Å²) in [5.41, 5.74) is 1.27. The first-order valence-electron chi connectivity index (χ1n) is 5.86. The Morgan fingerprint density at radius 3 is 2.65 bits per heavy atom. The van der Waals surface area contributed by atoms with Gasteiger partial charge in [0.1, 0.15) is 0 Å². The Labute approximate surface area is 115 Å². The van der Waals surface area contributed by atoms with Crippen LogP contribution in [0.1, 0.15) is 5.56 Å². The van der Waals surface area contributed by atoms with Crippen LogP contribution in [0.25, 0.3) is 11.1 Å². The summed E-state index contributed by atoms with van der Waals surface area (Å²) in [5, 5.41) is 4.21. The molecule has 0 bridgehead atoms. The second-order valence-electron chi connectivity index (χ2n) is 4.31. The number of nitrogens with one attached hydrogen (secondary N) is 1. The largest absolute Gasteiger partial charge is 0.334 e. The number of pyridine rings is 1. The average Bonchev–Trinajstić information content (AvgIpc) is 2.82. The van der Waals surface area contributed by atoms with Gasteiger partial charge >= 0.3 is 0 Å². The Bertz CT molecular complexity index is 854. The van der Waals surface area contributed by atoms with Gasteiger partial charge in [-0.2, -0.15) is 0 Å². The zero-order valence-corrected chi connectivity index (χ0v) is 11.4. The number of aromatic nitrogens is 2. The smallest absolute Gasteiger partial charge is 0.263 e. The zero-order valence-electron chi connectivity index (χ0n) is 10.6. The number of hydrogen-bond acceptors (Lipinski definition) is 5. The van der Waals surface area contributed by atoms with Gasteiger partial charge in [-0.3, -0.25) is 4.72 Å². The predicted molar refractivity (Wildman–Crippen MR) is 73.8 cm³/mol. The van der Waals surface area contributed by atoms with Gasteiger partial charge in [0.15, 0.2) is 5.82 Å². The molecule has 0 fully saturated rings. The van der Waals surface area contributed by atoms with Gasteiger partial charge in [-0.15, -0.1) is 0 Å². The summed E-state index contributed by atoms with van der Waals surface area (Å²) in [6.45, 7) is 1.89. The SMILES string of the molecule is Cc1ccc(S(=O)(=O)Nc2noc3ncccc23)cc1. The number of benzene rings is 1. The lowest BCUT2D eigenvalue weighted by Crippen LogP contribution is -2.13. The highest BCUT2D eigenvalue weighted by molar-refractivity contribution is 7.92. The van der Waals surface area contributed by atoms with Crippen LogP contribution in [-0.4, -0.2) is 18.6 Å². The molecular weight excluding hydrogens is 278 g/mol. The van der Waals surface area contributed by atoms with Crippen molar-refractivity contribution in [1.82, 2.24) is 10.1 Å². The van der Waals surface area contributed by atoms with Crippen molar-refractivity contribution in [2.45, 2.75) is 11.8 Å². The highest BCUT2D eigenvalue weighted by Gasteiger charge is 2.18. The molecule has 20 heavy (non-hydrogen) atoms. The third-order valence-electron chi connectivity index (χ3n) is 2.81. The van der Waals surface area contributed by atoms with Gasteiger partial charge in [0.2, 0.25) is 0 Å². The van der Waals surface area contributed by atoms with E-state index in [1.54, 1.807) is 30.5 Å². The maximum Gasteiger partial charge on any atom is 0.263 e. The van der Waals surface area contributed by atoms with Crippen molar-refractivity contribution in [3.63, 3.8) is 0 Å². The van der Waals surface area contributed by atoms with Gasteiger partial charge in [-0.05, 0) is 31.2 Å². The summed E-state index contributed by atoms with van der Waals surface area (Å²) in [6, 6.07) is 9.92. The fourth-order valence-electron chi connectivity index (χ4n) is 1.76. The molecule has 0 unspecified atom stereocenters. The van der Waals surface area contributed by atoms with E-state index in [2.05, 4.69) is 14.9 Å². The Kier molecular flexibility index (Phi) is 2.90. The molecule has 0 saturated carbocycles. The highest BCUT2D eigenvalue weighted by Crippen LogP contribution is 2.23. The molecule has 2 aromatic heterocycles. The molecule has 102 valence electrons. The second-order valence-corrected chi connectivity index (χ2v) is 5.99. The number of anilines is 1. The topological polar surface area (TPSA) is 85.1 Å². The minimum atomic E-state index is -3.69. The summed E-state index contributed by atoms with van der Waals surface area (Å²) in [5.74, 6) is 0.133. The number of rotatable bonds is 3. The van der Waals surface area contributed by atoms with E-state index in [0.717, 1.165) is 5.56 Å². The molecule has 0 aliphatic rings. The summed E-state index contributed by atoms with van der Waals surface area (Å²) >= 11 is 0. The molecule has 6 nitrogen and oxygen atoms in total. The molecule has 0 saturated heterocycles. The van der Waals surface area contributed by atoms with Crippen LogP contribution in [0.5, 0.6) is 0 Å². The van der Waals surface area contributed by atoms with Crippen LogP contribution in [-0.2, 0) is 10.0 Å². The van der Waals surface area contributed by atoms with Crippen LogP contribution in [0.2, 0.25) is 0 Å². The first kappa shape index (κ1) is 12.6. The lowest BCUT2D eigenvalue weighted by atomic mass is 10.2. The number of aryl methyl sites for hydroxylation is 1. The monoisotopic (exact) mass is 289 g/mol. The molecule has 0 amide bonds. The lowest BCUT2D eigenvalue weighted by molar-refractivity contribution is 0.452. The average molecular weight is 289 g/mol. The maximum atomic E-state index is 12.2. The van der Waals surface area contributed by atoms with E-state index >= 15 is 0 Å². The van der Waals surface area contributed by atoms with Gasteiger partial charge in [-0.1, -0.05) is 22.9 Å². The molecule has 0 aliphatic carbocycles. The molecule has 1 aromatic carbocycles. The quantitative estimate of drug-likeness (QED) is 0.799. The van der Waals surface area contributed by atoms with E-state index in [9.17, 15) is 8.42 Å². The fraction of sp³-hybridized carbons (Fsp3) is 0.0769. The lowest BCUT2D eigenvalue weighted by Gasteiger charge is -2.05.